The van der Waals surface area contributed by atoms with Gasteiger partial charge < -0.3 is 4.57 Å². The van der Waals surface area contributed by atoms with Crippen molar-refractivity contribution in [2.45, 2.75) is 19.4 Å². The summed E-state index contributed by atoms with van der Waals surface area (Å²) >= 11 is 6.82. The highest BCUT2D eigenvalue weighted by atomic mass is 32.1. The zero-order valence-electron chi connectivity index (χ0n) is 10.2. The van der Waals surface area contributed by atoms with E-state index in [2.05, 4.69) is 20.1 Å². The molecule has 3 heterocycles. The Hall–Kier alpha value is -1.05. The Morgan fingerprint density at radius 1 is 1.44 bits per heavy atom. The molecule has 0 aliphatic carbocycles. The van der Waals surface area contributed by atoms with Crippen molar-refractivity contribution in [2.75, 3.05) is 13.1 Å². The summed E-state index contributed by atoms with van der Waals surface area (Å²) in [6, 6.07) is 0. The number of nitrogens with zero attached hydrogens (tertiary/aromatic N) is 4. The van der Waals surface area contributed by atoms with E-state index in [0.717, 1.165) is 22.3 Å². The molecule has 0 bridgehead atoms. The van der Waals surface area contributed by atoms with Gasteiger partial charge >= 0.3 is 0 Å². The first-order valence-corrected chi connectivity index (χ1v) is 7.25. The monoisotopic (exact) mass is 281 g/mol. The van der Waals surface area contributed by atoms with Crippen LogP contribution in [-0.4, -0.2) is 37.7 Å². The van der Waals surface area contributed by atoms with Gasteiger partial charge in [-0.25, -0.2) is 4.98 Å². The van der Waals surface area contributed by atoms with Crippen molar-refractivity contribution < 1.29 is 0 Å². The summed E-state index contributed by atoms with van der Waals surface area (Å²) in [5, 5.41) is 8.19. The first-order valence-electron chi connectivity index (χ1n) is 6.03. The molecule has 7 heteroatoms. The molecule has 3 rings (SSSR count). The van der Waals surface area contributed by atoms with E-state index in [1.54, 1.807) is 11.3 Å². The molecule has 1 fully saturated rings. The maximum atomic E-state index is 5.12. The Bertz CT molecular complexity index is 591. The van der Waals surface area contributed by atoms with E-state index >= 15 is 0 Å². The number of likely N-dealkylation sites (tertiary alicyclic amines) is 1. The molecule has 0 saturated carbocycles. The first-order chi connectivity index (χ1) is 8.74. The fourth-order valence-corrected chi connectivity index (χ4v) is 3.30. The normalized spacial score (nSPS) is 16.5. The predicted octanol–water partition coefficient (Wildman–Crippen LogP) is 2.20. The fraction of sp³-hybridized carbons (Fsp3) is 0.545. The van der Waals surface area contributed by atoms with Crippen LogP contribution in [0.4, 0.5) is 0 Å². The van der Waals surface area contributed by atoms with Crippen molar-refractivity contribution in [2.24, 2.45) is 7.05 Å². The number of thiazole rings is 1. The molecule has 1 saturated heterocycles. The van der Waals surface area contributed by atoms with Gasteiger partial charge in [0.2, 0.25) is 0 Å². The van der Waals surface area contributed by atoms with Gasteiger partial charge in [0.1, 0.15) is 5.01 Å². The number of rotatable bonds is 3. The summed E-state index contributed by atoms with van der Waals surface area (Å²) in [6.07, 6.45) is 4.51. The van der Waals surface area contributed by atoms with E-state index in [1.807, 2.05) is 17.8 Å². The van der Waals surface area contributed by atoms with Crippen LogP contribution in [0.2, 0.25) is 0 Å². The van der Waals surface area contributed by atoms with Gasteiger partial charge in [-0.3, -0.25) is 10.00 Å². The highest BCUT2D eigenvalue weighted by Crippen LogP contribution is 2.25. The SMILES string of the molecule is Cn1c(-c2cnc(CN3CCCC3)s2)n[nH]c1=S. The minimum absolute atomic E-state index is 0.638. The van der Waals surface area contributed by atoms with Crippen molar-refractivity contribution in [1.29, 1.82) is 0 Å². The number of aromatic amines is 1. The van der Waals surface area contributed by atoms with Crippen LogP contribution in [0.25, 0.3) is 10.7 Å². The molecule has 96 valence electrons. The molecule has 1 aliphatic heterocycles. The third-order valence-corrected chi connectivity index (χ3v) is 4.55. The maximum absolute atomic E-state index is 5.12. The van der Waals surface area contributed by atoms with Crippen molar-refractivity contribution >= 4 is 23.6 Å². The summed E-state index contributed by atoms with van der Waals surface area (Å²) in [4.78, 5) is 8.00. The Kier molecular flexibility index (Phi) is 3.27. The second-order valence-corrected chi connectivity index (χ2v) is 6.01. The molecule has 0 atom stereocenters. The maximum Gasteiger partial charge on any atom is 0.195 e. The lowest BCUT2D eigenvalue weighted by atomic mass is 10.4. The van der Waals surface area contributed by atoms with Crippen molar-refractivity contribution in [3.63, 3.8) is 0 Å². The Labute approximate surface area is 114 Å². The lowest BCUT2D eigenvalue weighted by molar-refractivity contribution is 0.331. The third kappa shape index (κ3) is 2.25. The number of hydrogen-bond donors (Lipinski definition) is 1. The average molecular weight is 281 g/mol. The molecule has 0 spiro atoms. The summed E-state index contributed by atoms with van der Waals surface area (Å²) in [5.41, 5.74) is 0. The molecule has 1 N–H and O–H groups in total. The highest BCUT2D eigenvalue weighted by molar-refractivity contribution is 7.71. The highest BCUT2D eigenvalue weighted by Gasteiger charge is 2.15. The van der Waals surface area contributed by atoms with E-state index < -0.39 is 0 Å². The number of aromatic nitrogens is 4. The second-order valence-electron chi connectivity index (χ2n) is 4.51. The molecular formula is C11H15N5S2. The summed E-state index contributed by atoms with van der Waals surface area (Å²) < 4.78 is 2.52. The first kappa shape index (κ1) is 12.0. The minimum atomic E-state index is 0.638. The molecule has 5 nitrogen and oxygen atoms in total. The molecule has 2 aromatic rings. The summed E-state index contributed by atoms with van der Waals surface area (Å²) in [7, 11) is 1.92. The van der Waals surface area contributed by atoms with E-state index in [-0.39, 0.29) is 0 Å². The lowest BCUT2D eigenvalue weighted by Crippen LogP contribution is -2.17. The van der Waals surface area contributed by atoms with Gasteiger partial charge in [0.05, 0.1) is 11.4 Å². The number of hydrogen-bond acceptors (Lipinski definition) is 5. The van der Waals surface area contributed by atoms with Crippen LogP contribution in [0.3, 0.4) is 0 Å². The quantitative estimate of drug-likeness (QED) is 0.876. The van der Waals surface area contributed by atoms with Gasteiger partial charge in [-0.05, 0) is 38.1 Å². The number of nitrogens with one attached hydrogen (secondary N) is 1. The lowest BCUT2D eigenvalue weighted by Gasteiger charge is -2.11. The van der Waals surface area contributed by atoms with E-state index in [0.29, 0.717) is 4.77 Å². The van der Waals surface area contributed by atoms with Crippen LogP contribution in [0.5, 0.6) is 0 Å². The van der Waals surface area contributed by atoms with E-state index in [4.69, 9.17) is 12.2 Å². The Morgan fingerprint density at radius 3 is 2.89 bits per heavy atom. The van der Waals surface area contributed by atoms with Gasteiger partial charge in [0, 0.05) is 13.2 Å². The molecular weight excluding hydrogens is 266 g/mol. The van der Waals surface area contributed by atoms with Crippen molar-refractivity contribution in [3.8, 4) is 10.7 Å². The van der Waals surface area contributed by atoms with Crippen molar-refractivity contribution in [1.82, 2.24) is 24.6 Å². The van der Waals surface area contributed by atoms with Gasteiger partial charge in [0.25, 0.3) is 0 Å². The van der Waals surface area contributed by atoms with Crippen LogP contribution < -0.4 is 0 Å². The van der Waals surface area contributed by atoms with Crippen molar-refractivity contribution in [3.05, 3.63) is 16.0 Å². The van der Waals surface area contributed by atoms with Gasteiger partial charge in [0.15, 0.2) is 10.6 Å². The molecule has 0 radical (unpaired) electrons. The van der Waals surface area contributed by atoms with Gasteiger partial charge in [-0.15, -0.1) is 11.3 Å². The molecule has 18 heavy (non-hydrogen) atoms. The van der Waals surface area contributed by atoms with Crippen LogP contribution in [0.1, 0.15) is 17.8 Å². The summed E-state index contributed by atoms with van der Waals surface area (Å²) in [5.74, 6) is 0.866. The zero-order valence-corrected chi connectivity index (χ0v) is 11.9. The molecule has 1 aliphatic rings. The van der Waals surface area contributed by atoms with Crippen LogP contribution in [-0.2, 0) is 13.6 Å². The van der Waals surface area contributed by atoms with Crippen LogP contribution >= 0.6 is 23.6 Å². The van der Waals surface area contributed by atoms with Gasteiger partial charge in [-0.1, -0.05) is 0 Å². The van der Waals surface area contributed by atoms with Gasteiger partial charge in [-0.2, -0.15) is 5.10 Å². The minimum Gasteiger partial charge on any atom is -0.303 e. The van der Waals surface area contributed by atoms with Crippen LogP contribution in [0.15, 0.2) is 6.20 Å². The van der Waals surface area contributed by atoms with Crippen LogP contribution in [0, 0.1) is 4.77 Å². The Balaban J connectivity index is 1.80. The predicted molar refractivity (Wildman–Crippen MR) is 74.0 cm³/mol. The summed E-state index contributed by atoms with van der Waals surface area (Å²) in [6.45, 7) is 3.35. The van der Waals surface area contributed by atoms with E-state index in [1.165, 1.54) is 25.9 Å². The topological polar surface area (TPSA) is 49.7 Å². The zero-order chi connectivity index (χ0) is 12.5. The molecule has 2 aromatic heterocycles. The smallest absolute Gasteiger partial charge is 0.195 e. The fourth-order valence-electron chi connectivity index (χ4n) is 2.19. The third-order valence-electron chi connectivity index (χ3n) is 3.21. The molecule has 0 amide bonds. The molecule has 0 unspecified atom stereocenters. The standard InChI is InChI=1S/C11H15N5S2/c1-15-10(13-14-11(15)17)8-6-12-9(18-8)7-16-4-2-3-5-16/h6H,2-5,7H2,1H3,(H,14,17). The number of H-pyrrole nitrogens is 1. The largest absolute Gasteiger partial charge is 0.303 e. The van der Waals surface area contributed by atoms with E-state index in [9.17, 15) is 0 Å². The average Bonchev–Trinajstić information content (AvgIpc) is 3.05. The molecule has 0 aromatic carbocycles. The Morgan fingerprint density at radius 2 is 2.22 bits per heavy atom. The second kappa shape index (κ2) is 4.91.